The van der Waals surface area contributed by atoms with Crippen molar-refractivity contribution in [1.82, 2.24) is 4.90 Å². The normalized spacial score (nSPS) is 12.1. The second kappa shape index (κ2) is 15.9. The molecule has 2 N–H and O–H groups in total. The molecule has 1 unspecified atom stereocenters. The number of halogens is 2. The number of nitrogens with zero attached hydrogens (tertiary/aromatic N) is 1. The zero-order valence-corrected chi connectivity index (χ0v) is 23.2. The lowest BCUT2D eigenvalue weighted by Crippen LogP contribution is -2.38. The molecule has 0 aliphatic heterocycles. The van der Waals surface area contributed by atoms with Crippen LogP contribution in [0.1, 0.15) is 50.7 Å². The summed E-state index contributed by atoms with van der Waals surface area (Å²) in [5.74, 6) is -2.60. The lowest BCUT2D eigenvalue weighted by atomic mass is 10.1. The predicted molar refractivity (Wildman–Crippen MR) is 146 cm³/mol. The Balaban J connectivity index is 1.98. The van der Waals surface area contributed by atoms with Crippen molar-refractivity contribution in [2.24, 2.45) is 0 Å². The van der Waals surface area contributed by atoms with Gasteiger partial charge in [-0.25, -0.2) is 18.4 Å². The number of carbonyl (C=O) groups excluding carboxylic acids is 1. The number of hydrogen-bond donors (Lipinski definition) is 2. The van der Waals surface area contributed by atoms with Crippen molar-refractivity contribution in [1.29, 1.82) is 0 Å². The number of benzene rings is 2. The van der Waals surface area contributed by atoms with Gasteiger partial charge in [0.05, 0.1) is 19.3 Å². The largest absolute Gasteiger partial charge is 0.495 e. The number of rotatable bonds is 17. The van der Waals surface area contributed by atoms with Gasteiger partial charge >= 0.3 is 12.0 Å². The summed E-state index contributed by atoms with van der Waals surface area (Å²) in [7, 11) is 1.53. The molecule has 0 aliphatic carbocycles. The fraction of sp³-hybridized carbons (Fsp3) is 0.517. The molecule has 2 amide bonds. The molecule has 0 radical (unpaired) electrons. The smallest absolute Gasteiger partial charge is 0.333 e. The van der Waals surface area contributed by atoms with Crippen LogP contribution in [-0.2, 0) is 16.0 Å². The number of carboxylic acid groups (broad SMARTS) is 1. The second-order valence-corrected chi connectivity index (χ2v) is 9.48. The van der Waals surface area contributed by atoms with Gasteiger partial charge in [-0.05, 0) is 69.0 Å². The van der Waals surface area contributed by atoms with Gasteiger partial charge in [-0.1, -0.05) is 24.6 Å². The lowest BCUT2D eigenvalue weighted by Gasteiger charge is -2.24. The summed E-state index contributed by atoms with van der Waals surface area (Å²) in [5.41, 5.74) is 2.30. The van der Waals surface area contributed by atoms with Crippen LogP contribution in [0.3, 0.4) is 0 Å². The maximum absolute atomic E-state index is 13.1. The Kier molecular flexibility index (Phi) is 13.0. The number of ether oxygens (including phenoxy) is 3. The molecule has 2 aromatic carbocycles. The molecular weight excluding hydrogens is 510 g/mol. The fourth-order valence-corrected chi connectivity index (χ4v) is 3.97. The average Bonchev–Trinajstić information content (AvgIpc) is 2.87. The molecule has 10 heteroatoms. The van der Waals surface area contributed by atoms with E-state index in [1.54, 1.807) is 42.2 Å². The highest BCUT2D eigenvalue weighted by Gasteiger charge is 2.21. The van der Waals surface area contributed by atoms with E-state index in [4.69, 9.17) is 14.2 Å². The zero-order valence-electron chi connectivity index (χ0n) is 23.2. The first-order valence-electron chi connectivity index (χ1n) is 13.2. The lowest BCUT2D eigenvalue weighted by molar-refractivity contribution is -0.149. The molecule has 0 aromatic heterocycles. The van der Waals surface area contributed by atoms with Crippen molar-refractivity contribution >= 4 is 17.7 Å². The van der Waals surface area contributed by atoms with Crippen molar-refractivity contribution in [2.45, 2.75) is 64.9 Å². The van der Waals surface area contributed by atoms with Crippen molar-refractivity contribution in [3.63, 3.8) is 0 Å². The van der Waals surface area contributed by atoms with Gasteiger partial charge in [-0.3, -0.25) is 0 Å². The van der Waals surface area contributed by atoms with Crippen LogP contribution in [0, 0.1) is 6.92 Å². The first-order chi connectivity index (χ1) is 18.5. The van der Waals surface area contributed by atoms with Crippen LogP contribution in [0.4, 0.5) is 19.3 Å². The van der Waals surface area contributed by atoms with Gasteiger partial charge < -0.3 is 29.5 Å². The summed E-state index contributed by atoms with van der Waals surface area (Å²) < 4.78 is 42.7. The third kappa shape index (κ3) is 11.9. The minimum atomic E-state index is -2.69. The summed E-state index contributed by atoms with van der Waals surface area (Å²) in [6.45, 7) is 5.75. The van der Waals surface area contributed by atoms with Crippen LogP contribution in [0.5, 0.6) is 11.5 Å². The first kappa shape index (κ1) is 31.8. The molecule has 0 saturated carbocycles. The molecule has 0 bridgehead atoms. The maximum Gasteiger partial charge on any atom is 0.333 e. The molecule has 0 spiro atoms. The number of alkyl halides is 2. The molecule has 2 aromatic rings. The Morgan fingerprint density at radius 3 is 2.41 bits per heavy atom. The molecular formula is C29H40F2N2O6. The van der Waals surface area contributed by atoms with E-state index in [1.165, 1.54) is 7.11 Å². The van der Waals surface area contributed by atoms with Crippen LogP contribution in [0.2, 0.25) is 0 Å². The highest BCUT2D eigenvalue weighted by atomic mass is 19.3. The standard InChI is InChI=1S/C29H40F2N2O6/c1-5-38-26(27(34)35)20-22-10-12-23(13-11-22)39-18-17-33(16-8-6-7-15-29(3,30)31)28(36)32-24-19-21(2)9-14-25(24)37-4/h9-14,19,26H,5-8,15-18,20H2,1-4H3,(H,32,36)(H,34,35). The van der Waals surface area contributed by atoms with Crippen LogP contribution < -0.4 is 14.8 Å². The number of nitrogens with one attached hydrogen (secondary N) is 1. The molecule has 216 valence electrons. The number of aryl methyl sites for hydroxylation is 1. The number of urea groups is 1. The summed E-state index contributed by atoms with van der Waals surface area (Å²) >= 11 is 0. The van der Waals surface area contributed by atoms with Crippen molar-refractivity contribution in [2.75, 3.05) is 38.7 Å². The van der Waals surface area contributed by atoms with E-state index in [2.05, 4.69) is 5.32 Å². The Hall–Kier alpha value is -3.40. The number of carboxylic acids is 1. The van der Waals surface area contributed by atoms with Crippen molar-refractivity contribution < 1.29 is 37.7 Å². The molecule has 8 nitrogen and oxygen atoms in total. The van der Waals surface area contributed by atoms with Gasteiger partial charge in [0.25, 0.3) is 0 Å². The number of anilines is 1. The number of unbranched alkanes of at least 4 members (excludes halogenated alkanes) is 2. The second-order valence-electron chi connectivity index (χ2n) is 9.48. The Morgan fingerprint density at radius 1 is 1.08 bits per heavy atom. The van der Waals surface area contributed by atoms with Crippen LogP contribution in [0.15, 0.2) is 42.5 Å². The third-order valence-electron chi connectivity index (χ3n) is 6.05. The quantitative estimate of drug-likeness (QED) is 0.229. The van der Waals surface area contributed by atoms with E-state index < -0.39 is 18.0 Å². The van der Waals surface area contributed by atoms with Gasteiger partial charge in [-0.2, -0.15) is 0 Å². The number of carbonyl (C=O) groups is 2. The minimum absolute atomic E-state index is 0.184. The van der Waals surface area contributed by atoms with Crippen molar-refractivity contribution in [3.8, 4) is 11.5 Å². The van der Waals surface area contributed by atoms with E-state index in [0.29, 0.717) is 49.6 Å². The number of aliphatic carboxylic acids is 1. The Bertz CT molecular complexity index is 1040. The molecule has 1 atom stereocenters. The number of hydrogen-bond acceptors (Lipinski definition) is 5. The molecule has 39 heavy (non-hydrogen) atoms. The molecule has 2 rings (SSSR count). The zero-order chi connectivity index (χ0) is 28.8. The fourth-order valence-electron chi connectivity index (χ4n) is 3.97. The molecule has 0 fully saturated rings. The Labute approximate surface area is 229 Å². The number of methoxy groups -OCH3 is 1. The van der Waals surface area contributed by atoms with Crippen molar-refractivity contribution in [3.05, 3.63) is 53.6 Å². The Morgan fingerprint density at radius 2 is 1.79 bits per heavy atom. The predicted octanol–water partition coefficient (Wildman–Crippen LogP) is 6.16. The molecule has 0 saturated heterocycles. The summed E-state index contributed by atoms with van der Waals surface area (Å²) in [4.78, 5) is 26.1. The highest BCUT2D eigenvalue weighted by Crippen LogP contribution is 2.26. The van der Waals surface area contributed by atoms with E-state index in [-0.39, 0.29) is 32.0 Å². The van der Waals surface area contributed by atoms with E-state index in [9.17, 15) is 23.5 Å². The summed E-state index contributed by atoms with van der Waals surface area (Å²) in [6.07, 6.45) is 0.667. The van der Waals surface area contributed by atoms with Crippen LogP contribution in [-0.4, -0.2) is 67.4 Å². The maximum atomic E-state index is 13.1. The first-order valence-corrected chi connectivity index (χ1v) is 13.2. The van der Waals surface area contributed by atoms with E-state index in [1.807, 2.05) is 19.1 Å². The molecule has 0 aliphatic rings. The third-order valence-corrected chi connectivity index (χ3v) is 6.05. The van der Waals surface area contributed by atoms with Crippen LogP contribution >= 0.6 is 0 Å². The van der Waals surface area contributed by atoms with Gasteiger partial charge in [0.15, 0.2) is 6.10 Å². The minimum Gasteiger partial charge on any atom is -0.495 e. The van der Waals surface area contributed by atoms with Gasteiger partial charge in [0.1, 0.15) is 18.1 Å². The summed E-state index contributed by atoms with van der Waals surface area (Å²) in [5, 5.41) is 12.2. The highest BCUT2D eigenvalue weighted by molar-refractivity contribution is 5.91. The molecule has 0 heterocycles. The van der Waals surface area contributed by atoms with E-state index in [0.717, 1.165) is 18.1 Å². The monoisotopic (exact) mass is 550 g/mol. The van der Waals surface area contributed by atoms with Crippen LogP contribution in [0.25, 0.3) is 0 Å². The average molecular weight is 551 g/mol. The topological polar surface area (TPSA) is 97.3 Å². The SMILES string of the molecule is CCOC(Cc1ccc(OCCN(CCCCCC(C)(F)F)C(=O)Nc2cc(C)ccc2OC)cc1)C(=O)O. The van der Waals surface area contributed by atoms with E-state index >= 15 is 0 Å². The van der Waals surface area contributed by atoms with Gasteiger partial charge in [0, 0.05) is 26.0 Å². The summed E-state index contributed by atoms with van der Waals surface area (Å²) in [6, 6.07) is 12.2. The van der Waals surface area contributed by atoms with Gasteiger partial charge in [-0.15, -0.1) is 0 Å². The van der Waals surface area contributed by atoms with Gasteiger partial charge in [0.2, 0.25) is 5.92 Å². The number of amides is 2.